The first kappa shape index (κ1) is 29.7. The largest absolute Gasteiger partial charge is 0.497 e. The minimum atomic E-state index is -3.67. The van der Waals surface area contributed by atoms with Crippen LogP contribution in [0.3, 0.4) is 0 Å². The first-order valence-electron chi connectivity index (χ1n) is 11.6. The van der Waals surface area contributed by atoms with Gasteiger partial charge in [-0.1, -0.05) is 51.1 Å². The fourth-order valence-corrected chi connectivity index (χ4v) is 3.68. The van der Waals surface area contributed by atoms with E-state index in [1.165, 1.54) is 13.2 Å². The second-order valence-electron chi connectivity index (χ2n) is 9.24. The van der Waals surface area contributed by atoms with Crippen molar-refractivity contribution in [3.63, 3.8) is 0 Å². The number of alkyl halides is 3. The molecule has 0 fully saturated rings. The SMILES string of the molecule is COC(=O)CCc1cccc(OCc2ccc(-c3cc(OC)ccc3F)c(C(C)(C)C)c2)c1.FC(F)F. The molecule has 0 amide bonds. The van der Waals surface area contributed by atoms with Gasteiger partial charge in [-0.3, -0.25) is 4.79 Å². The van der Waals surface area contributed by atoms with Gasteiger partial charge in [0.25, 0.3) is 0 Å². The van der Waals surface area contributed by atoms with Gasteiger partial charge in [-0.25, -0.2) is 4.39 Å². The van der Waals surface area contributed by atoms with Crippen molar-refractivity contribution in [3.05, 3.63) is 83.2 Å². The lowest BCUT2D eigenvalue weighted by Crippen LogP contribution is -2.14. The summed E-state index contributed by atoms with van der Waals surface area (Å²) in [4.78, 5) is 11.4. The molecule has 4 nitrogen and oxygen atoms in total. The summed E-state index contributed by atoms with van der Waals surface area (Å²) in [5, 5.41) is 0. The van der Waals surface area contributed by atoms with E-state index in [0.29, 0.717) is 30.8 Å². The predicted molar refractivity (Wildman–Crippen MR) is 135 cm³/mol. The van der Waals surface area contributed by atoms with Crippen molar-refractivity contribution < 1.29 is 36.6 Å². The average Bonchev–Trinajstić information content (AvgIpc) is 2.85. The Labute approximate surface area is 215 Å². The maximum atomic E-state index is 14.7. The van der Waals surface area contributed by atoms with Crippen LogP contribution in [0.5, 0.6) is 11.5 Å². The summed E-state index contributed by atoms with van der Waals surface area (Å²) in [7, 11) is 2.97. The van der Waals surface area contributed by atoms with Crippen LogP contribution < -0.4 is 9.47 Å². The van der Waals surface area contributed by atoms with E-state index >= 15 is 0 Å². The lowest BCUT2D eigenvalue weighted by molar-refractivity contribution is -0.140. The summed E-state index contributed by atoms with van der Waals surface area (Å²) < 4.78 is 59.7. The molecule has 0 aliphatic rings. The highest BCUT2D eigenvalue weighted by atomic mass is 19.4. The van der Waals surface area contributed by atoms with Crippen molar-refractivity contribution in [3.8, 4) is 22.6 Å². The molecule has 0 spiro atoms. The van der Waals surface area contributed by atoms with Crippen LogP contribution in [0.25, 0.3) is 11.1 Å². The Morgan fingerprint density at radius 3 is 2.19 bits per heavy atom. The van der Waals surface area contributed by atoms with Crippen molar-refractivity contribution in [2.75, 3.05) is 14.2 Å². The van der Waals surface area contributed by atoms with Crippen LogP contribution in [0.2, 0.25) is 0 Å². The monoisotopic (exact) mass is 520 g/mol. The quantitative estimate of drug-likeness (QED) is 0.226. The topological polar surface area (TPSA) is 44.8 Å². The van der Waals surface area contributed by atoms with E-state index in [-0.39, 0.29) is 17.2 Å². The molecule has 0 unspecified atom stereocenters. The summed E-state index contributed by atoms with van der Waals surface area (Å²) >= 11 is 0. The van der Waals surface area contributed by atoms with Gasteiger partial charge in [-0.05, 0) is 64.4 Å². The van der Waals surface area contributed by atoms with Crippen molar-refractivity contribution in [2.24, 2.45) is 0 Å². The molecule has 200 valence electrons. The molecule has 3 rings (SSSR count). The number of aryl methyl sites for hydroxylation is 1. The number of hydrogen-bond donors (Lipinski definition) is 0. The zero-order chi connectivity index (χ0) is 27.6. The molecule has 37 heavy (non-hydrogen) atoms. The van der Waals surface area contributed by atoms with Crippen LogP contribution in [0.15, 0.2) is 60.7 Å². The third kappa shape index (κ3) is 9.44. The fourth-order valence-electron chi connectivity index (χ4n) is 3.68. The molecule has 0 saturated carbocycles. The molecule has 0 aromatic heterocycles. The van der Waals surface area contributed by atoms with Gasteiger partial charge in [0.1, 0.15) is 23.9 Å². The molecule has 0 radical (unpaired) electrons. The van der Waals surface area contributed by atoms with Crippen molar-refractivity contribution in [1.82, 2.24) is 0 Å². The number of carbonyl (C=O) groups excluding carboxylic acids is 1. The predicted octanol–water partition coefficient (Wildman–Crippen LogP) is 7.66. The third-order valence-corrected chi connectivity index (χ3v) is 5.51. The molecule has 3 aromatic rings. The maximum absolute atomic E-state index is 14.7. The smallest absolute Gasteiger partial charge is 0.379 e. The van der Waals surface area contributed by atoms with Crippen LogP contribution >= 0.6 is 0 Å². The molecule has 0 atom stereocenters. The van der Waals surface area contributed by atoms with Crippen LogP contribution in [0, 0.1) is 5.82 Å². The third-order valence-electron chi connectivity index (χ3n) is 5.51. The van der Waals surface area contributed by atoms with E-state index in [9.17, 15) is 22.4 Å². The Morgan fingerprint density at radius 2 is 1.57 bits per heavy atom. The normalized spacial score (nSPS) is 11.0. The zero-order valence-electron chi connectivity index (χ0n) is 21.6. The van der Waals surface area contributed by atoms with Crippen molar-refractivity contribution >= 4 is 5.97 Å². The Morgan fingerprint density at radius 1 is 0.865 bits per heavy atom. The summed E-state index contributed by atoms with van der Waals surface area (Å²) in [6.07, 6.45) is 0.927. The molecular formula is C29H32F4O4. The molecule has 0 bridgehead atoms. The van der Waals surface area contributed by atoms with E-state index < -0.39 is 6.68 Å². The standard InChI is InChI=1S/C28H31FO4.CHF3/c1-28(2,3)25-16-20(9-12-23(25)24-17-21(31-4)11-13-26(24)29)18-33-22-8-6-7-19(15-22)10-14-27(30)32-5;2-1(3)4/h6-9,11-13,15-17H,10,14,18H2,1-5H3;1H. The number of benzene rings is 3. The minimum Gasteiger partial charge on any atom is -0.497 e. The van der Waals surface area contributed by atoms with E-state index in [4.69, 9.17) is 14.2 Å². The number of methoxy groups -OCH3 is 2. The van der Waals surface area contributed by atoms with E-state index in [2.05, 4.69) is 26.8 Å². The Bertz CT molecular complexity index is 1170. The number of halogens is 4. The summed E-state index contributed by atoms with van der Waals surface area (Å²) in [6.45, 7) is 3.04. The van der Waals surface area contributed by atoms with Crippen LogP contribution in [0.1, 0.15) is 43.9 Å². The van der Waals surface area contributed by atoms with Gasteiger partial charge >= 0.3 is 12.6 Å². The summed E-state index contributed by atoms with van der Waals surface area (Å²) in [5.41, 5.74) is 4.19. The van der Waals surface area contributed by atoms with Crippen LogP contribution in [-0.2, 0) is 28.0 Å². The van der Waals surface area contributed by atoms with Gasteiger partial charge in [0, 0.05) is 12.0 Å². The van der Waals surface area contributed by atoms with Crippen LogP contribution in [0.4, 0.5) is 17.6 Å². The molecule has 0 heterocycles. The zero-order valence-corrected chi connectivity index (χ0v) is 21.6. The van der Waals surface area contributed by atoms with Gasteiger partial charge in [-0.15, -0.1) is 0 Å². The Hall–Kier alpha value is -3.55. The Kier molecular flexibility index (Phi) is 11.0. The number of rotatable bonds is 8. The second-order valence-corrected chi connectivity index (χ2v) is 9.24. The highest BCUT2D eigenvalue weighted by Crippen LogP contribution is 2.36. The molecule has 0 aliphatic heterocycles. The second kappa shape index (κ2) is 13.7. The van der Waals surface area contributed by atoms with Crippen molar-refractivity contribution in [1.29, 1.82) is 0 Å². The van der Waals surface area contributed by atoms with E-state index in [0.717, 1.165) is 28.0 Å². The lowest BCUT2D eigenvalue weighted by Gasteiger charge is -2.24. The van der Waals surface area contributed by atoms with Gasteiger partial charge in [-0.2, -0.15) is 13.2 Å². The molecular weight excluding hydrogens is 488 g/mol. The van der Waals surface area contributed by atoms with Gasteiger partial charge in [0.15, 0.2) is 0 Å². The molecule has 0 aliphatic carbocycles. The molecule has 0 N–H and O–H groups in total. The summed E-state index contributed by atoms with van der Waals surface area (Å²) in [6, 6.07) is 18.5. The van der Waals surface area contributed by atoms with Gasteiger partial charge < -0.3 is 14.2 Å². The van der Waals surface area contributed by atoms with Crippen molar-refractivity contribution in [2.45, 2.75) is 52.3 Å². The fraction of sp³-hybridized carbons (Fsp3) is 0.345. The lowest BCUT2D eigenvalue weighted by atomic mass is 9.81. The first-order chi connectivity index (χ1) is 17.4. The highest BCUT2D eigenvalue weighted by Gasteiger charge is 2.21. The first-order valence-corrected chi connectivity index (χ1v) is 11.6. The number of carbonyl (C=O) groups is 1. The summed E-state index contributed by atoms with van der Waals surface area (Å²) in [5.74, 6) is 0.834. The molecule has 8 heteroatoms. The maximum Gasteiger partial charge on any atom is 0.379 e. The number of hydrogen-bond acceptors (Lipinski definition) is 4. The highest BCUT2D eigenvalue weighted by molar-refractivity contribution is 5.71. The van der Waals surface area contributed by atoms with E-state index in [1.54, 1.807) is 19.2 Å². The van der Waals surface area contributed by atoms with Gasteiger partial charge in [0.2, 0.25) is 0 Å². The number of ether oxygens (including phenoxy) is 3. The number of esters is 1. The van der Waals surface area contributed by atoms with Gasteiger partial charge in [0.05, 0.1) is 14.2 Å². The Balaban J connectivity index is 0.00000112. The molecule has 0 saturated heterocycles. The minimum absolute atomic E-state index is 0.200. The van der Waals surface area contributed by atoms with E-state index in [1.807, 2.05) is 36.4 Å². The molecule has 3 aromatic carbocycles. The van der Waals surface area contributed by atoms with Crippen LogP contribution in [-0.4, -0.2) is 26.9 Å². The average molecular weight is 521 g/mol.